The van der Waals surface area contributed by atoms with Gasteiger partial charge >= 0.3 is 0 Å². The lowest BCUT2D eigenvalue weighted by Crippen LogP contribution is -2.37. The maximum atomic E-state index is 5.89. The van der Waals surface area contributed by atoms with Crippen LogP contribution >= 0.6 is 0 Å². The average Bonchev–Trinajstić information content (AvgIpc) is 3.05. The van der Waals surface area contributed by atoms with Gasteiger partial charge < -0.3 is 29.6 Å². The molecule has 0 fully saturated rings. The van der Waals surface area contributed by atoms with Crippen molar-refractivity contribution in [3.63, 3.8) is 0 Å². The molecular formula is C21H35N3O4. The van der Waals surface area contributed by atoms with Gasteiger partial charge in [0.15, 0.2) is 5.96 Å². The van der Waals surface area contributed by atoms with E-state index < -0.39 is 0 Å². The maximum absolute atomic E-state index is 5.89. The molecule has 0 radical (unpaired) electrons. The molecule has 1 unspecified atom stereocenters. The first kappa shape index (κ1) is 22.3. The van der Waals surface area contributed by atoms with Crippen molar-refractivity contribution in [1.82, 2.24) is 10.6 Å². The number of aliphatic imine (C=N–C) groups is 1. The summed E-state index contributed by atoms with van der Waals surface area (Å²) in [6.45, 7) is 8.25. The van der Waals surface area contributed by atoms with Gasteiger partial charge in [-0.05, 0) is 38.8 Å². The summed E-state index contributed by atoms with van der Waals surface area (Å²) < 4.78 is 22.2. The lowest BCUT2D eigenvalue weighted by atomic mass is 10.1. The highest BCUT2D eigenvalue weighted by Crippen LogP contribution is 2.35. The maximum Gasteiger partial charge on any atom is 0.191 e. The fourth-order valence-electron chi connectivity index (χ4n) is 3.09. The number of methoxy groups -OCH3 is 1. The van der Waals surface area contributed by atoms with Gasteiger partial charge in [-0.3, -0.25) is 4.99 Å². The van der Waals surface area contributed by atoms with Crippen LogP contribution in [0.25, 0.3) is 0 Å². The molecule has 28 heavy (non-hydrogen) atoms. The number of nitrogens with zero attached hydrogens (tertiary/aromatic N) is 1. The summed E-state index contributed by atoms with van der Waals surface area (Å²) in [5, 5.41) is 6.70. The van der Waals surface area contributed by atoms with E-state index in [1.54, 1.807) is 14.2 Å². The second-order valence-electron chi connectivity index (χ2n) is 6.80. The number of unbranched alkanes of at least 4 members (excludes halogenated alkanes) is 1. The van der Waals surface area contributed by atoms with Crippen LogP contribution in [-0.4, -0.2) is 59.2 Å². The summed E-state index contributed by atoms with van der Waals surface area (Å²) in [7, 11) is 3.46. The van der Waals surface area contributed by atoms with Crippen LogP contribution in [-0.2, 0) is 22.4 Å². The molecule has 1 aromatic carbocycles. The van der Waals surface area contributed by atoms with Crippen molar-refractivity contribution in [1.29, 1.82) is 0 Å². The van der Waals surface area contributed by atoms with Crippen LogP contribution in [0.2, 0.25) is 0 Å². The highest BCUT2D eigenvalue weighted by atomic mass is 16.5. The third-order valence-corrected chi connectivity index (χ3v) is 4.49. The Balaban J connectivity index is 1.77. The fourth-order valence-corrected chi connectivity index (χ4v) is 3.09. The number of ether oxygens (including phenoxy) is 4. The molecule has 2 rings (SSSR count). The van der Waals surface area contributed by atoms with Gasteiger partial charge in [0.1, 0.15) is 17.6 Å². The number of hydrogen-bond acceptors (Lipinski definition) is 5. The van der Waals surface area contributed by atoms with Crippen LogP contribution in [0.15, 0.2) is 17.1 Å². The van der Waals surface area contributed by atoms with Gasteiger partial charge in [0.2, 0.25) is 0 Å². The largest absolute Gasteiger partial charge is 0.494 e. The van der Waals surface area contributed by atoms with E-state index >= 15 is 0 Å². The molecule has 0 saturated carbocycles. The Hall–Kier alpha value is -1.99. The van der Waals surface area contributed by atoms with E-state index in [0.717, 1.165) is 55.4 Å². The first-order valence-electron chi connectivity index (χ1n) is 10.1. The Morgan fingerprint density at radius 2 is 2.07 bits per heavy atom. The Kier molecular flexibility index (Phi) is 9.93. The Bertz CT molecular complexity index is 622. The molecule has 1 atom stereocenters. The molecular weight excluding hydrogens is 358 g/mol. The standard InChI is InChI=1S/C21H35N3O4/c1-5-27-19-13-17-12-16(2)28-20(17)14-18(19)15-24-21(22-3)23-8-6-7-9-26-11-10-25-4/h13-14,16H,5-12,15H2,1-4H3,(H2,22,23,24). The minimum atomic E-state index is 0.223. The van der Waals surface area contributed by atoms with Crippen molar-refractivity contribution in [3.8, 4) is 11.5 Å². The summed E-state index contributed by atoms with van der Waals surface area (Å²) >= 11 is 0. The zero-order chi connectivity index (χ0) is 20.2. The van der Waals surface area contributed by atoms with Crippen molar-refractivity contribution >= 4 is 5.96 Å². The zero-order valence-corrected chi connectivity index (χ0v) is 17.7. The van der Waals surface area contributed by atoms with Crippen LogP contribution in [0.4, 0.5) is 0 Å². The molecule has 0 aliphatic carbocycles. The van der Waals surface area contributed by atoms with E-state index in [2.05, 4.69) is 34.7 Å². The van der Waals surface area contributed by atoms with Crippen LogP contribution < -0.4 is 20.1 Å². The summed E-state index contributed by atoms with van der Waals surface area (Å²) in [4.78, 5) is 4.30. The SMILES string of the molecule is CCOc1cc2c(cc1CNC(=NC)NCCCCOCCOC)OC(C)C2. The minimum absolute atomic E-state index is 0.223. The van der Waals surface area contributed by atoms with Crippen molar-refractivity contribution in [2.75, 3.05) is 47.1 Å². The molecule has 7 nitrogen and oxygen atoms in total. The highest BCUT2D eigenvalue weighted by molar-refractivity contribution is 5.79. The molecule has 1 aliphatic heterocycles. The van der Waals surface area contributed by atoms with E-state index in [9.17, 15) is 0 Å². The Labute approximate surface area is 168 Å². The second kappa shape index (κ2) is 12.5. The topological polar surface area (TPSA) is 73.3 Å². The molecule has 7 heteroatoms. The smallest absolute Gasteiger partial charge is 0.191 e. The molecule has 0 aromatic heterocycles. The van der Waals surface area contributed by atoms with E-state index in [4.69, 9.17) is 18.9 Å². The fraction of sp³-hybridized carbons (Fsp3) is 0.667. The molecule has 1 aromatic rings. The van der Waals surface area contributed by atoms with Crippen molar-refractivity contribution in [3.05, 3.63) is 23.3 Å². The first-order valence-corrected chi connectivity index (χ1v) is 10.1. The highest BCUT2D eigenvalue weighted by Gasteiger charge is 2.21. The van der Waals surface area contributed by atoms with Gasteiger partial charge in [0, 0.05) is 51.4 Å². The molecule has 1 heterocycles. The van der Waals surface area contributed by atoms with Crippen LogP contribution in [0.5, 0.6) is 11.5 Å². The molecule has 0 amide bonds. The van der Waals surface area contributed by atoms with E-state index in [-0.39, 0.29) is 6.10 Å². The lowest BCUT2D eigenvalue weighted by Gasteiger charge is -2.15. The van der Waals surface area contributed by atoms with Gasteiger partial charge in [-0.25, -0.2) is 0 Å². The third-order valence-electron chi connectivity index (χ3n) is 4.49. The predicted molar refractivity (Wildman–Crippen MR) is 112 cm³/mol. The van der Waals surface area contributed by atoms with Gasteiger partial charge in [0.05, 0.1) is 19.8 Å². The number of hydrogen-bond donors (Lipinski definition) is 2. The summed E-state index contributed by atoms with van der Waals surface area (Å²) in [6, 6.07) is 4.20. The van der Waals surface area contributed by atoms with Crippen LogP contribution in [0.1, 0.15) is 37.8 Å². The Morgan fingerprint density at radius 3 is 2.82 bits per heavy atom. The molecule has 2 N–H and O–H groups in total. The third kappa shape index (κ3) is 7.20. The predicted octanol–water partition coefficient (Wildman–Crippen LogP) is 2.52. The van der Waals surface area contributed by atoms with E-state index in [1.807, 2.05) is 6.92 Å². The lowest BCUT2D eigenvalue weighted by molar-refractivity contribution is 0.0689. The quantitative estimate of drug-likeness (QED) is 0.323. The van der Waals surface area contributed by atoms with Crippen LogP contribution in [0.3, 0.4) is 0 Å². The van der Waals surface area contributed by atoms with Crippen LogP contribution in [0, 0.1) is 0 Å². The van der Waals surface area contributed by atoms with Crippen molar-refractivity contribution < 1.29 is 18.9 Å². The number of rotatable bonds is 12. The van der Waals surface area contributed by atoms with Crippen molar-refractivity contribution in [2.45, 2.75) is 45.8 Å². The van der Waals surface area contributed by atoms with Gasteiger partial charge in [0.25, 0.3) is 0 Å². The summed E-state index contributed by atoms with van der Waals surface area (Å²) in [5.74, 6) is 2.65. The zero-order valence-electron chi connectivity index (χ0n) is 17.7. The molecule has 0 bridgehead atoms. The molecule has 1 aliphatic rings. The number of nitrogens with one attached hydrogen (secondary N) is 2. The average molecular weight is 394 g/mol. The molecule has 0 spiro atoms. The van der Waals surface area contributed by atoms with Gasteiger partial charge in [-0.2, -0.15) is 0 Å². The minimum Gasteiger partial charge on any atom is -0.494 e. The molecule has 0 saturated heterocycles. The number of fused-ring (bicyclic) bond motifs is 1. The van der Waals surface area contributed by atoms with Gasteiger partial charge in [-0.15, -0.1) is 0 Å². The second-order valence-corrected chi connectivity index (χ2v) is 6.80. The first-order chi connectivity index (χ1) is 13.7. The number of benzene rings is 1. The molecule has 158 valence electrons. The summed E-state index contributed by atoms with van der Waals surface area (Å²) in [5.41, 5.74) is 2.29. The summed E-state index contributed by atoms with van der Waals surface area (Å²) in [6.07, 6.45) is 3.17. The van der Waals surface area contributed by atoms with E-state index in [0.29, 0.717) is 26.4 Å². The monoisotopic (exact) mass is 393 g/mol. The Morgan fingerprint density at radius 1 is 1.21 bits per heavy atom. The van der Waals surface area contributed by atoms with Crippen molar-refractivity contribution in [2.24, 2.45) is 4.99 Å². The normalized spacial score (nSPS) is 15.9. The van der Waals surface area contributed by atoms with Gasteiger partial charge in [-0.1, -0.05) is 0 Å². The number of guanidine groups is 1. The van der Waals surface area contributed by atoms with E-state index in [1.165, 1.54) is 5.56 Å².